The zero-order chi connectivity index (χ0) is 16.2. The van der Waals surface area contributed by atoms with Crippen LogP contribution in [0.1, 0.15) is 25.6 Å². The lowest BCUT2D eigenvalue weighted by molar-refractivity contribution is 0.0636. The summed E-state index contributed by atoms with van der Waals surface area (Å²) < 4.78 is 5.27. The van der Waals surface area contributed by atoms with Gasteiger partial charge in [0.15, 0.2) is 0 Å². The fraction of sp³-hybridized carbons (Fsp3) is 0.312. The molecule has 0 aliphatic rings. The molecule has 6 heteroatoms. The fourth-order valence-electron chi connectivity index (χ4n) is 1.83. The van der Waals surface area contributed by atoms with E-state index >= 15 is 0 Å². The zero-order valence-corrected chi connectivity index (χ0v) is 13.8. The molecule has 0 saturated carbocycles. The van der Waals surface area contributed by atoms with Gasteiger partial charge in [0.2, 0.25) is 0 Å². The van der Waals surface area contributed by atoms with Crippen LogP contribution in [0.4, 0.5) is 21.9 Å². The number of thiophene rings is 1. The molecule has 1 aromatic heterocycles. The Balaban J connectivity index is 2.03. The van der Waals surface area contributed by atoms with Crippen LogP contribution in [0.5, 0.6) is 0 Å². The second-order valence-corrected chi connectivity index (χ2v) is 6.83. The van der Waals surface area contributed by atoms with Crippen LogP contribution >= 0.6 is 11.3 Å². The number of carbonyl (C=O) groups is 1. The maximum absolute atomic E-state index is 11.9. The van der Waals surface area contributed by atoms with Crippen LogP contribution in [0.3, 0.4) is 0 Å². The molecule has 1 aromatic carbocycles. The summed E-state index contributed by atoms with van der Waals surface area (Å²) in [5.74, 6) is 0. The van der Waals surface area contributed by atoms with Crippen molar-refractivity contribution in [2.24, 2.45) is 0 Å². The normalized spacial score (nSPS) is 11.0. The van der Waals surface area contributed by atoms with Crippen molar-refractivity contribution in [2.75, 3.05) is 16.4 Å². The minimum atomic E-state index is -0.530. The van der Waals surface area contributed by atoms with E-state index in [9.17, 15) is 4.79 Å². The van der Waals surface area contributed by atoms with Gasteiger partial charge in [0.05, 0.1) is 17.9 Å². The Morgan fingerprint density at radius 3 is 2.50 bits per heavy atom. The van der Waals surface area contributed by atoms with Gasteiger partial charge in [-0.05, 0) is 44.4 Å². The molecule has 0 radical (unpaired) electrons. The molecule has 0 bridgehead atoms. The summed E-state index contributed by atoms with van der Waals surface area (Å²) in [5, 5.41) is 8.00. The summed E-state index contributed by atoms with van der Waals surface area (Å²) in [6.07, 6.45) is -0.475. The van der Waals surface area contributed by atoms with Crippen LogP contribution in [0.15, 0.2) is 35.7 Å². The molecule has 2 aromatic rings. The molecule has 1 heterocycles. The zero-order valence-electron chi connectivity index (χ0n) is 13.0. The lowest BCUT2D eigenvalue weighted by atomic mass is 10.2. The highest BCUT2D eigenvalue weighted by Crippen LogP contribution is 2.25. The molecule has 0 fully saturated rings. The smallest absolute Gasteiger partial charge is 0.412 e. The van der Waals surface area contributed by atoms with E-state index in [2.05, 4.69) is 10.6 Å². The van der Waals surface area contributed by atoms with E-state index in [4.69, 9.17) is 10.5 Å². The number of benzene rings is 1. The van der Waals surface area contributed by atoms with Crippen molar-refractivity contribution in [3.8, 4) is 0 Å². The topological polar surface area (TPSA) is 76.4 Å². The van der Waals surface area contributed by atoms with Crippen LogP contribution in [0, 0.1) is 0 Å². The summed E-state index contributed by atoms with van der Waals surface area (Å²) in [6.45, 7) is 6.10. The van der Waals surface area contributed by atoms with Crippen molar-refractivity contribution < 1.29 is 9.53 Å². The standard InChI is InChI=1S/C16H21N3O2S/c1-16(2,3)21-15(20)19-13-7-5-4-6-12(13)18-10-14-11(17)8-9-22-14/h4-9,18H,10,17H2,1-3H3,(H,19,20). The van der Waals surface area contributed by atoms with Crippen LogP contribution in [-0.2, 0) is 11.3 Å². The molecule has 1 amide bonds. The van der Waals surface area contributed by atoms with E-state index in [1.165, 1.54) is 0 Å². The molecule has 22 heavy (non-hydrogen) atoms. The molecular weight excluding hydrogens is 298 g/mol. The van der Waals surface area contributed by atoms with Gasteiger partial charge in [-0.15, -0.1) is 11.3 Å². The molecule has 0 aliphatic heterocycles. The monoisotopic (exact) mass is 319 g/mol. The highest BCUT2D eigenvalue weighted by Gasteiger charge is 2.17. The predicted octanol–water partition coefficient (Wildman–Crippen LogP) is 4.29. The molecule has 0 unspecified atom stereocenters. The van der Waals surface area contributed by atoms with Crippen LogP contribution in [-0.4, -0.2) is 11.7 Å². The maximum atomic E-state index is 11.9. The average molecular weight is 319 g/mol. The van der Waals surface area contributed by atoms with Gasteiger partial charge in [-0.3, -0.25) is 5.32 Å². The third-order valence-electron chi connectivity index (χ3n) is 2.78. The Hall–Kier alpha value is -2.21. The van der Waals surface area contributed by atoms with Gasteiger partial charge in [0.25, 0.3) is 0 Å². The third-order valence-corrected chi connectivity index (χ3v) is 3.72. The van der Waals surface area contributed by atoms with Crippen LogP contribution < -0.4 is 16.4 Å². The van der Waals surface area contributed by atoms with E-state index < -0.39 is 11.7 Å². The number of nitrogens with two attached hydrogens (primary N) is 1. The first-order valence-electron chi connectivity index (χ1n) is 7.00. The molecular formula is C16H21N3O2S. The maximum Gasteiger partial charge on any atom is 0.412 e. The first-order chi connectivity index (χ1) is 10.3. The van der Waals surface area contributed by atoms with Crippen LogP contribution in [0.2, 0.25) is 0 Å². The molecule has 5 nitrogen and oxygen atoms in total. The minimum Gasteiger partial charge on any atom is -0.444 e. The summed E-state index contributed by atoms with van der Waals surface area (Å²) in [7, 11) is 0. The molecule has 2 rings (SSSR count). The largest absolute Gasteiger partial charge is 0.444 e. The number of carbonyl (C=O) groups excluding carboxylic acids is 1. The molecule has 118 valence electrons. The Labute approximate surface area is 134 Å². The molecule has 0 atom stereocenters. The number of nitrogen functional groups attached to an aromatic ring is 1. The number of nitrogens with one attached hydrogen (secondary N) is 2. The first kappa shape index (κ1) is 16.2. The number of para-hydroxylation sites is 2. The quantitative estimate of drug-likeness (QED) is 0.785. The minimum absolute atomic E-state index is 0.475. The molecule has 0 spiro atoms. The molecule has 0 saturated heterocycles. The van der Waals surface area contributed by atoms with Crippen molar-refractivity contribution in [2.45, 2.75) is 32.9 Å². The van der Waals surface area contributed by atoms with E-state index in [1.807, 2.05) is 56.5 Å². The first-order valence-corrected chi connectivity index (χ1v) is 7.88. The van der Waals surface area contributed by atoms with Crippen molar-refractivity contribution in [1.82, 2.24) is 0 Å². The summed E-state index contributed by atoms with van der Waals surface area (Å²) in [6, 6.07) is 9.37. The average Bonchev–Trinajstić information content (AvgIpc) is 2.81. The van der Waals surface area contributed by atoms with Crippen molar-refractivity contribution in [3.05, 3.63) is 40.6 Å². The third kappa shape index (κ3) is 4.66. The van der Waals surface area contributed by atoms with Crippen LogP contribution in [0.25, 0.3) is 0 Å². The second kappa shape index (κ2) is 6.70. The van der Waals surface area contributed by atoms with Crippen molar-refractivity contribution in [3.63, 3.8) is 0 Å². The summed E-state index contributed by atoms with van der Waals surface area (Å²) in [4.78, 5) is 13.0. The van der Waals surface area contributed by atoms with Gasteiger partial charge in [0.1, 0.15) is 5.60 Å². The Morgan fingerprint density at radius 2 is 1.91 bits per heavy atom. The van der Waals surface area contributed by atoms with Gasteiger partial charge in [-0.1, -0.05) is 12.1 Å². The molecule has 4 N–H and O–H groups in total. The van der Waals surface area contributed by atoms with E-state index in [0.717, 1.165) is 16.3 Å². The number of ether oxygens (including phenoxy) is 1. The lowest BCUT2D eigenvalue weighted by Crippen LogP contribution is -2.27. The second-order valence-electron chi connectivity index (χ2n) is 5.83. The number of rotatable bonds is 4. The highest BCUT2D eigenvalue weighted by atomic mass is 32.1. The molecule has 0 aliphatic carbocycles. The Bertz CT molecular complexity index is 647. The predicted molar refractivity (Wildman–Crippen MR) is 92.4 cm³/mol. The van der Waals surface area contributed by atoms with Crippen molar-refractivity contribution >= 4 is 34.5 Å². The van der Waals surface area contributed by atoms with Gasteiger partial charge in [-0.2, -0.15) is 0 Å². The van der Waals surface area contributed by atoms with E-state index in [-0.39, 0.29) is 0 Å². The SMILES string of the molecule is CC(C)(C)OC(=O)Nc1ccccc1NCc1sccc1N. The Morgan fingerprint density at radius 1 is 1.23 bits per heavy atom. The number of hydrogen-bond donors (Lipinski definition) is 3. The number of hydrogen-bond acceptors (Lipinski definition) is 5. The number of anilines is 3. The van der Waals surface area contributed by atoms with Gasteiger partial charge in [-0.25, -0.2) is 4.79 Å². The van der Waals surface area contributed by atoms with Gasteiger partial charge < -0.3 is 15.8 Å². The van der Waals surface area contributed by atoms with Gasteiger partial charge >= 0.3 is 6.09 Å². The van der Waals surface area contributed by atoms with Gasteiger partial charge in [0, 0.05) is 10.6 Å². The van der Waals surface area contributed by atoms with Crippen molar-refractivity contribution in [1.29, 1.82) is 0 Å². The summed E-state index contributed by atoms with van der Waals surface area (Å²) in [5.41, 5.74) is 7.61. The fourth-order valence-corrected chi connectivity index (χ4v) is 2.57. The number of amides is 1. The van der Waals surface area contributed by atoms with E-state index in [0.29, 0.717) is 12.2 Å². The summed E-state index contributed by atoms with van der Waals surface area (Å²) >= 11 is 1.60. The Kier molecular flexibility index (Phi) is 4.92. The van der Waals surface area contributed by atoms with E-state index in [1.54, 1.807) is 11.3 Å². The lowest BCUT2D eigenvalue weighted by Gasteiger charge is -2.20. The highest BCUT2D eigenvalue weighted by molar-refractivity contribution is 7.10.